The van der Waals surface area contributed by atoms with Gasteiger partial charge in [-0.15, -0.1) is 0 Å². The molecule has 0 saturated carbocycles. The Hall–Kier alpha value is -3.55. The van der Waals surface area contributed by atoms with E-state index in [0.717, 1.165) is 12.1 Å². The van der Waals surface area contributed by atoms with E-state index in [9.17, 15) is 13.6 Å². The van der Waals surface area contributed by atoms with E-state index in [4.69, 9.17) is 4.74 Å². The number of benzene rings is 2. The van der Waals surface area contributed by atoms with Gasteiger partial charge in [-0.3, -0.25) is 4.79 Å². The smallest absolute Gasteiger partial charge is 0.274 e. The monoisotopic (exact) mass is 398 g/mol. The fourth-order valence-corrected chi connectivity index (χ4v) is 2.55. The number of anilines is 3. The summed E-state index contributed by atoms with van der Waals surface area (Å²) in [5.41, 5.74) is 0.687. The van der Waals surface area contributed by atoms with E-state index in [-0.39, 0.29) is 23.4 Å². The van der Waals surface area contributed by atoms with Crippen molar-refractivity contribution in [3.05, 3.63) is 71.6 Å². The van der Waals surface area contributed by atoms with E-state index < -0.39 is 17.5 Å². The topological polar surface area (TPSA) is 76.1 Å². The van der Waals surface area contributed by atoms with Gasteiger partial charge in [-0.05, 0) is 63.2 Å². The lowest BCUT2D eigenvalue weighted by atomic mass is 10.2. The Labute approximate surface area is 167 Å². The Balaban J connectivity index is 1.77. The van der Waals surface area contributed by atoms with E-state index >= 15 is 0 Å². The van der Waals surface area contributed by atoms with Crippen molar-refractivity contribution in [2.24, 2.45) is 0 Å². The minimum atomic E-state index is -0.787. The van der Waals surface area contributed by atoms with Crippen LogP contribution in [-0.2, 0) is 0 Å². The van der Waals surface area contributed by atoms with Crippen LogP contribution in [0.2, 0.25) is 0 Å². The molecular formula is C21H20F2N4O2. The molecule has 0 aliphatic rings. The zero-order valence-electron chi connectivity index (χ0n) is 16.2. The standard InChI is InChI=1S/C21H20F2N4O2/c1-12(2)29-15-9-7-14(8-10-15)25-20(28)18-11-13(3)24-21(26-18)27-19-16(22)5-4-6-17(19)23/h4-12H,1-3H3,(H,25,28)(H,24,26,27). The Morgan fingerprint density at radius 3 is 2.31 bits per heavy atom. The molecule has 0 aliphatic carbocycles. The molecule has 0 bridgehead atoms. The second-order valence-corrected chi connectivity index (χ2v) is 6.58. The first kappa shape index (κ1) is 20.2. The maximum Gasteiger partial charge on any atom is 0.274 e. The number of ether oxygens (including phenoxy) is 1. The molecule has 0 aliphatic heterocycles. The van der Waals surface area contributed by atoms with Crippen molar-refractivity contribution in [3.63, 3.8) is 0 Å². The fourth-order valence-electron chi connectivity index (χ4n) is 2.55. The molecule has 2 aromatic carbocycles. The molecular weight excluding hydrogens is 378 g/mol. The van der Waals surface area contributed by atoms with Gasteiger partial charge in [0.15, 0.2) is 0 Å². The molecule has 6 nitrogen and oxygen atoms in total. The minimum absolute atomic E-state index is 0.0460. The van der Waals surface area contributed by atoms with Crippen LogP contribution in [0, 0.1) is 18.6 Å². The Morgan fingerprint density at radius 1 is 1.03 bits per heavy atom. The maximum atomic E-state index is 13.8. The largest absolute Gasteiger partial charge is 0.491 e. The second kappa shape index (κ2) is 8.64. The zero-order valence-corrected chi connectivity index (χ0v) is 16.2. The summed E-state index contributed by atoms with van der Waals surface area (Å²) >= 11 is 0. The molecule has 29 heavy (non-hydrogen) atoms. The summed E-state index contributed by atoms with van der Waals surface area (Å²) in [6, 6.07) is 11.9. The molecule has 0 spiro atoms. The van der Waals surface area contributed by atoms with Gasteiger partial charge < -0.3 is 15.4 Å². The van der Waals surface area contributed by atoms with Gasteiger partial charge in [0.25, 0.3) is 5.91 Å². The average Bonchev–Trinajstić information content (AvgIpc) is 2.65. The molecule has 1 heterocycles. The highest BCUT2D eigenvalue weighted by molar-refractivity contribution is 6.03. The Morgan fingerprint density at radius 2 is 1.69 bits per heavy atom. The number of rotatable bonds is 6. The molecule has 0 radical (unpaired) electrons. The third-order valence-electron chi connectivity index (χ3n) is 3.77. The van der Waals surface area contributed by atoms with Crippen molar-refractivity contribution in [2.75, 3.05) is 10.6 Å². The number of nitrogens with zero attached hydrogens (tertiary/aromatic N) is 2. The highest BCUT2D eigenvalue weighted by Crippen LogP contribution is 2.22. The van der Waals surface area contributed by atoms with Crippen LogP contribution in [0.3, 0.4) is 0 Å². The summed E-state index contributed by atoms with van der Waals surface area (Å²) in [5, 5.41) is 5.22. The van der Waals surface area contributed by atoms with E-state index in [0.29, 0.717) is 17.1 Å². The number of nitrogens with one attached hydrogen (secondary N) is 2. The van der Waals surface area contributed by atoms with Gasteiger partial charge in [-0.1, -0.05) is 6.07 Å². The highest BCUT2D eigenvalue weighted by atomic mass is 19.1. The van der Waals surface area contributed by atoms with Gasteiger partial charge in [0.2, 0.25) is 5.95 Å². The molecule has 8 heteroatoms. The molecule has 3 aromatic rings. The van der Waals surface area contributed by atoms with Gasteiger partial charge in [-0.2, -0.15) is 0 Å². The number of amides is 1. The van der Waals surface area contributed by atoms with Crippen molar-refractivity contribution in [3.8, 4) is 5.75 Å². The van der Waals surface area contributed by atoms with Crippen molar-refractivity contribution >= 4 is 23.2 Å². The first-order valence-corrected chi connectivity index (χ1v) is 8.96. The summed E-state index contributed by atoms with van der Waals surface area (Å²) in [4.78, 5) is 20.7. The number of hydrogen-bond donors (Lipinski definition) is 2. The van der Waals surface area contributed by atoms with Gasteiger partial charge in [0.05, 0.1) is 6.10 Å². The fraction of sp³-hybridized carbons (Fsp3) is 0.190. The number of carbonyl (C=O) groups is 1. The summed E-state index contributed by atoms with van der Waals surface area (Å²) in [6.07, 6.45) is 0.0460. The minimum Gasteiger partial charge on any atom is -0.491 e. The van der Waals surface area contributed by atoms with Crippen LogP contribution in [0.15, 0.2) is 48.5 Å². The molecule has 3 rings (SSSR count). The number of halogens is 2. The lowest BCUT2D eigenvalue weighted by Crippen LogP contribution is -2.16. The molecule has 1 aromatic heterocycles. The molecule has 0 saturated heterocycles. The van der Waals surface area contributed by atoms with Crippen LogP contribution in [0.25, 0.3) is 0 Å². The average molecular weight is 398 g/mol. The zero-order chi connectivity index (χ0) is 21.0. The van der Waals surface area contributed by atoms with Crippen LogP contribution in [0.5, 0.6) is 5.75 Å². The predicted molar refractivity (Wildman–Crippen MR) is 107 cm³/mol. The molecule has 0 atom stereocenters. The van der Waals surface area contributed by atoms with Crippen LogP contribution < -0.4 is 15.4 Å². The van der Waals surface area contributed by atoms with Gasteiger partial charge in [0.1, 0.15) is 28.8 Å². The van der Waals surface area contributed by atoms with Crippen molar-refractivity contribution < 1.29 is 18.3 Å². The highest BCUT2D eigenvalue weighted by Gasteiger charge is 2.14. The molecule has 0 unspecified atom stereocenters. The van der Waals surface area contributed by atoms with E-state index in [1.54, 1.807) is 31.2 Å². The van der Waals surface area contributed by atoms with Gasteiger partial charge in [-0.25, -0.2) is 18.7 Å². The SMILES string of the molecule is Cc1cc(C(=O)Nc2ccc(OC(C)C)cc2)nc(Nc2c(F)cccc2F)n1. The summed E-state index contributed by atoms with van der Waals surface area (Å²) < 4.78 is 33.3. The first-order valence-electron chi connectivity index (χ1n) is 8.96. The molecule has 1 amide bonds. The van der Waals surface area contributed by atoms with Gasteiger partial charge >= 0.3 is 0 Å². The van der Waals surface area contributed by atoms with Crippen molar-refractivity contribution in [1.29, 1.82) is 0 Å². The third-order valence-corrected chi connectivity index (χ3v) is 3.77. The van der Waals surface area contributed by atoms with E-state index in [1.807, 2.05) is 13.8 Å². The van der Waals surface area contributed by atoms with Crippen molar-refractivity contribution in [2.45, 2.75) is 26.9 Å². The normalized spacial score (nSPS) is 10.7. The molecule has 0 fully saturated rings. The number of hydrogen-bond acceptors (Lipinski definition) is 5. The van der Waals surface area contributed by atoms with Crippen LogP contribution in [-0.4, -0.2) is 22.0 Å². The van der Waals surface area contributed by atoms with Gasteiger partial charge in [0, 0.05) is 11.4 Å². The summed E-state index contributed by atoms with van der Waals surface area (Å²) in [6.45, 7) is 5.50. The number of aryl methyl sites for hydroxylation is 1. The lowest BCUT2D eigenvalue weighted by Gasteiger charge is -2.11. The summed E-state index contributed by atoms with van der Waals surface area (Å²) in [7, 11) is 0. The second-order valence-electron chi connectivity index (χ2n) is 6.58. The molecule has 150 valence electrons. The quantitative estimate of drug-likeness (QED) is 0.621. The Kier molecular flexibility index (Phi) is 6.01. The number of para-hydroxylation sites is 1. The molecule has 2 N–H and O–H groups in total. The lowest BCUT2D eigenvalue weighted by molar-refractivity contribution is 0.102. The van der Waals surface area contributed by atoms with Crippen LogP contribution >= 0.6 is 0 Å². The third kappa shape index (κ3) is 5.25. The van der Waals surface area contributed by atoms with Crippen molar-refractivity contribution in [1.82, 2.24) is 9.97 Å². The van der Waals surface area contributed by atoms with Crippen LogP contribution in [0.4, 0.5) is 26.1 Å². The predicted octanol–water partition coefficient (Wildman–Crippen LogP) is 4.85. The van der Waals surface area contributed by atoms with E-state index in [2.05, 4.69) is 20.6 Å². The number of carbonyl (C=O) groups excluding carboxylic acids is 1. The van der Waals surface area contributed by atoms with Crippen LogP contribution in [0.1, 0.15) is 30.0 Å². The number of aromatic nitrogens is 2. The maximum absolute atomic E-state index is 13.8. The Bertz CT molecular complexity index is 1000. The van der Waals surface area contributed by atoms with E-state index in [1.165, 1.54) is 12.1 Å². The first-order chi connectivity index (χ1) is 13.8. The summed E-state index contributed by atoms with van der Waals surface area (Å²) in [5.74, 6) is -1.45.